The Bertz CT molecular complexity index is 803. The van der Waals surface area contributed by atoms with Crippen molar-refractivity contribution in [3.8, 4) is 17.2 Å². The first-order valence-corrected chi connectivity index (χ1v) is 7.08. The summed E-state index contributed by atoms with van der Waals surface area (Å²) in [5.41, 5.74) is 2.19. The SMILES string of the molecule is COc1cc(O)cc(OC)c1C=Cc1cc(C)n(C)c(=O)[n+]1C.[Cl-]. The molecule has 0 aliphatic heterocycles. The first-order chi connectivity index (χ1) is 10.9. The molecule has 0 fully saturated rings. The van der Waals surface area contributed by atoms with E-state index >= 15 is 0 Å². The van der Waals surface area contributed by atoms with Crippen LogP contribution in [-0.4, -0.2) is 23.9 Å². The van der Waals surface area contributed by atoms with Crippen molar-refractivity contribution < 1.29 is 31.6 Å². The number of methoxy groups -OCH3 is 2. The van der Waals surface area contributed by atoms with Crippen molar-refractivity contribution in [3.05, 3.63) is 45.6 Å². The van der Waals surface area contributed by atoms with E-state index in [1.165, 1.54) is 26.4 Å². The molecule has 24 heavy (non-hydrogen) atoms. The first kappa shape index (κ1) is 19.6. The van der Waals surface area contributed by atoms with Gasteiger partial charge in [-0.25, -0.2) is 0 Å². The minimum atomic E-state index is -0.103. The van der Waals surface area contributed by atoms with E-state index < -0.39 is 0 Å². The average molecular weight is 353 g/mol. The summed E-state index contributed by atoms with van der Waals surface area (Å²) in [6.07, 6.45) is 3.61. The molecule has 0 unspecified atom stereocenters. The summed E-state index contributed by atoms with van der Waals surface area (Å²) in [4.78, 5) is 12.1. The Morgan fingerprint density at radius 2 is 1.67 bits per heavy atom. The number of phenols is 1. The molecule has 0 spiro atoms. The number of rotatable bonds is 4. The summed E-state index contributed by atoms with van der Waals surface area (Å²) in [5.74, 6) is 1.04. The molecule has 2 rings (SSSR count). The molecule has 1 heterocycles. The lowest BCUT2D eigenvalue weighted by Crippen LogP contribution is -3.00. The van der Waals surface area contributed by atoms with Crippen molar-refractivity contribution >= 4 is 12.2 Å². The number of phenolic OH excluding ortho intramolecular Hbond substituents is 1. The van der Waals surface area contributed by atoms with Crippen molar-refractivity contribution in [2.75, 3.05) is 14.2 Å². The lowest BCUT2D eigenvalue weighted by Gasteiger charge is -2.11. The second kappa shape index (κ2) is 7.88. The van der Waals surface area contributed by atoms with Gasteiger partial charge in [0, 0.05) is 18.2 Å². The summed E-state index contributed by atoms with van der Waals surface area (Å²) < 4.78 is 13.7. The van der Waals surface area contributed by atoms with Gasteiger partial charge in [0.25, 0.3) is 0 Å². The van der Waals surface area contributed by atoms with Crippen LogP contribution < -0.4 is 32.1 Å². The topological polar surface area (TPSA) is 64.6 Å². The third-order valence-corrected chi connectivity index (χ3v) is 3.80. The number of hydrogen-bond donors (Lipinski definition) is 1. The van der Waals surface area contributed by atoms with Crippen LogP contribution in [0.15, 0.2) is 23.0 Å². The van der Waals surface area contributed by atoms with Gasteiger partial charge in [-0.3, -0.25) is 0 Å². The quantitative estimate of drug-likeness (QED) is 0.674. The van der Waals surface area contributed by atoms with Gasteiger partial charge >= 0.3 is 5.69 Å². The normalized spacial score (nSPS) is 10.5. The summed E-state index contributed by atoms with van der Waals surface area (Å²) in [7, 11) is 6.49. The highest BCUT2D eigenvalue weighted by Gasteiger charge is 2.13. The van der Waals surface area contributed by atoms with Gasteiger partial charge in [-0.1, -0.05) is 0 Å². The van der Waals surface area contributed by atoms with E-state index in [2.05, 4.69) is 0 Å². The van der Waals surface area contributed by atoms with Crippen LogP contribution in [0.1, 0.15) is 17.0 Å². The highest BCUT2D eigenvalue weighted by Crippen LogP contribution is 2.34. The maximum Gasteiger partial charge on any atom is 0.498 e. The molecule has 0 bridgehead atoms. The van der Waals surface area contributed by atoms with Gasteiger partial charge in [-0.15, -0.1) is 0 Å². The van der Waals surface area contributed by atoms with Crippen molar-refractivity contribution in [1.82, 2.24) is 4.57 Å². The summed E-state index contributed by atoms with van der Waals surface area (Å²) in [6, 6.07) is 4.94. The van der Waals surface area contributed by atoms with Gasteiger partial charge < -0.3 is 27.0 Å². The third-order valence-electron chi connectivity index (χ3n) is 3.80. The van der Waals surface area contributed by atoms with Crippen molar-refractivity contribution in [2.24, 2.45) is 14.1 Å². The first-order valence-electron chi connectivity index (χ1n) is 7.08. The maximum atomic E-state index is 12.1. The van der Waals surface area contributed by atoms with E-state index in [9.17, 15) is 9.90 Å². The zero-order valence-electron chi connectivity index (χ0n) is 14.3. The second-order valence-corrected chi connectivity index (χ2v) is 5.21. The molecular weight excluding hydrogens is 332 g/mol. The Hall–Kier alpha value is -2.47. The molecule has 7 heteroatoms. The lowest BCUT2D eigenvalue weighted by molar-refractivity contribution is -0.692. The van der Waals surface area contributed by atoms with Crippen molar-refractivity contribution in [1.29, 1.82) is 0 Å². The predicted molar refractivity (Wildman–Crippen MR) is 87.7 cm³/mol. The highest BCUT2D eigenvalue weighted by atomic mass is 35.5. The minimum absolute atomic E-state index is 0. The fourth-order valence-corrected chi connectivity index (χ4v) is 2.31. The molecule has 6 nitrogen and oxygen atoms in total. The number of aryl methyl sites for hydroxylation is 1. The molecule has 1 aromatic heterocycles. The molecule has 0 saturated carbocycles. The zero-order valence-corrected chi connectivity index (χ0v) is 15.1. The van der Waals surface area contributed by atoms with E-state index in [4.69, 9.17) is 9.47 Å². The van der Waals surface area contributed by atoms with Crippen molar-refractivity contribution in [2.45, 2.75) is 6.92 Å². The Labute approximate surface area is 147 Å². The summed E-state index contributed by atoms with van der Waals surface area (Å²) >= 11 is 0. The fraction of sp³-hybridized carbons (Fsp3) is 0.294. The van der Waals surface area contributed by atoms with E-state index in [1.54, 1.807) is 29.3 Å². The van der Waals surface area contributed by atoms with Crippen LogP contribution in [0, 0.1) is 6.92 Å². The zero-order chi connectivity index (χ0) is 17.1. The standard InChI is InChI=1S/C17H20N2O4.ClH/c1-11-8-12(19(3)17(21)18(11)2)6-7-14-15(22-4)9-13(20)10-16(14)23-5;/h6-10H,1-5H3;1H. The van der Waals surface area contributed by atoms with Crippen LogP contribution in [0.2, 0.25) is 0 Å². The molecule has 0 atom stereocenters. The summed E-state index contributed by atoms with van der Waals surface area (Å²) in [5, 5.41) is 9.68. The molecule has 1 N–H and O–H groups in total. The molecule has 130 valence electrons. The van der Waals surface area contributed by atoms with Crippen molar-refractivity contribution in [3.63, 3.8) is 0 Å². The van der Waals surface area contributed by atoms with Gasteiger partial charge in [0.2, 0.25) is 0 Å². The van der Waals surface area contributed by atoms with E-state index in [0.717, 1.165) is 11.4 Å². The Morgan fingerprint density at radius 1 is 1.12 bits per heavy atom. The number of aromatic hydroxyl groups is 1. The number of aromatic nitrogens is 2. The van der Waals surface area contributed by atoms with E-state index in [1.807, 2.05) is 19.1 Å². The third kappa shape index (κ3) is 3.71. The van der Waals surface area contributed by atoms with Crippen LogP contribution in [0.4, 0.5) is 0 Å². The van der Waals surface area contributed by atoms with Gasteiger partial charge in [0.1, 0.15) is 28.6 Å². The summed E-state index contributed by atoms with van der Waals surface area (Å²) in [6.45, 7) is 1.88. The number of hydrogen-bond acceptors (Lipinski definition) is 4. The monoisotopic (exact) mass is 352 g/mol. The number of ether oxygens (including phenoxy) is 2. The fourth-order valence-electron chi connectivity index (χ4n) is 2.31. The van der Waals surface area contributed by atoms with E-state index in [-0.39, 0.29) is 23.8 Å². The van der Waals surface area contributed by atoms with Crippen LogP contribution in [0.3, 0.4) is 0 Å². The van der Waals surface area contributed by atoms with Crippen LogP contribution in [0.25, 0.3) is 12.2 Å². The molecule has 0 saturated heterocycles. The van der Waals surface area contributed by atoms with Crippen LogP contribution >= 0.6 is 0 Å². The predicted octanol–water partition coefficient (Wildman–Crippen LogP) is -1.58. The van der Waals surface area contributed by atoms with Gasteiger partial charge in [-0.2, -0.15) is 13.9 Å². The van der Waals surface area contributed by atoms with Gasteiger partial charge in [0.15, 0.2) is 0 Å². The second-order valence-electron chi connectivity index (χ2n) is 5.21. The maximum absolute atomic E-state index is 12.1. The van der Waals surface area contributed by atoms with Crippen LogP contribution in [0.5, 0.6) is 17.2 Å². The Balaban J connectivity index is 0.00000288. The smallest absolute Gasteiger partial charge is 0.498 e. The minimum Gasteiger partial charge on any atom is -1.00 e. The molecule has 0 radical (unpaired) electrons. The highest BCUT2D eigenvalue weighted by molar-refractivity contribution is 5.75. The Morgan fingerprint density at radius 3 is 2.17 bits per heavy atom. The average Bonchev–Trinajstić information content (AvgIpc) is 2.54. The number of benzene rings is 1. The lowest BCUT2D eigenvalue weighted by atomic mass is 10.1. The van der Waals surface area contributed by atoms with Gasteiger partial charge in [-0.05, 0) is 19.1 Å². The largest absolute Gasteiger partial charge is 1.00 e. The molecular formula is C17H21ClN2O4. The van der Waals surface area contributed by atoms with Gasteiger partial charge in [0.05, 0.1) is 33.9 Å². The molecule has 2 aromatic rings. The van der Waals surface area contributed by atoms with E-state index in [0.29, 0.717) is 17.1 Å². The molecule has 0 amide bonds. The molecule has 0 aliphatic rings. The van der Waals surface area contributed by atoms with Crippen LogP contribution in [-0.2, 0) is 14.1 Å². The number of nitrogens with zero attached hydrogens (tertiary/aromatic N) is 2. The molecule has 0 aliphatic carbocycles. The molecule has 1 aromatic carbocycles. The number of halogens is 1. The Kier molecular flexibility index (Phi) is 6.42.